The monoisotopic (exact) mass is 444 g/mol. The maximum atomic E-state index is 13.4. The van der Waals surface area contributed by atoms with E-state index < -0.39 is 6.04 Å². The summed E-state index contributed by atoms with van der Waals surface area (Å²) < 4.78 is 3.32. The number of nitrogens with one attached hydrogen (secondary N) is 2. The van der Waals surface area contributed by atoms with Crippen LogP contribution in [0.15, 0.2) is 59.5 Å². The van der Waals surface area contributed by atoms with Crippen molar-refractivity contribution in [1.82, 2.24) is 20.1 Å². The number of fused-ring (bicyclic) bond motifs is 4. The normalized spacial score (nSPS) is 12.6. The molecule has 3 aromatic heterocycles. The van der Waals surface area contributed by atoms with Crippen LogP contribution in [0.4, 0.5) is 0 Å². The van der Waals surface area contributed by atoms with E-state index in [1.807, 2.05) is 62.5 Å². The molecule has 0 saturated heterocycles. The molecule has 0 aliphatic rings. The quantitative estimate of drug-likeness (QED) is 0.398. The van der Waals surface area contributed by atoms with E-state index in [0.29, 0.717) is 24.8 Å². The lowest BCUT2D eigenvalue weighted by Crippen LogP contribution is -2.39. The van der Waals surface area contributed by atoms with Crippen molar-refractivity contribution in [1.29, 1.82) is 0 Å². The average molecular weight is 445 g/mol. The first-order valence-electron chi connectivity index (χ1n) is 10.8. The zero-order valence-corrected chi connectivity index (χ0v) is 18.8. The number of hydrogen-bond donors (Lipinski definition) is 2. The van der Waals surface area contributed by atoms with Gasteiger partial charge in [0.05, 0.1) is 15.8 Å². The predicted octanol–water partition coefficient (Wildman–Crippen LogP) is 4.71. The lowest BCUT2D eigenvalue weighted by atomic mass is 10.1. The highest BCUT2D eigenvalue weighted by Crippen LogP contribution is 2.33. The molecule has 1 amide bonds. The van der Waals surface area contributed by atoms with Crippen molar-refractivity contribution in [2.45, 2.75) is 32.7 Å². The highest BCUT2D eigenvalue weighted by molar-refractivity contribution is 7.26. The molecule has 0 aliphatic heterocycles. The number of amides is 1. The molecule has 2 N–H and O–H groups in total. The molecule has 0 aliphatic carbocycles. The summed E-state index contributed by atoms with van der Waals surface area (Å²) in [7, 11) is 0. The maximum absolute atomic E-state index is 13.4. The molecule has 2 aromatic carbocycles. The Morgan fingerprint density at radius 2 is 1.91 bits per heavy atom. The Morgan fingerprint density at radius 3 is 2.72 bits per heavy atom. The van der Waals surface area contributed by atoms with Gasteiger partial charge in [-0.15, -0.1) is 11.3 Å². The summed E-state index contributed by atoms with van der Waals surface area (Å²) >= 11 is 1.57. The number of benzene rings is 2. The summed E-state index contributed by atoms with van der Waals surface area (Å²) in [5, 5.41) is 10.3. The Morgan fingerprint density at radius 1 is 1.16 bits per heavy atom. The molecule has 0 radical (unpaired) electrons. The van der Waals surface area contributed by atoms with Crippen molar-refractivity contribution in [3.05, 3.63) is 76.3 Å². The van der Waals surface area contributed by atoms with Crippen molar-refractivity contribution >= 4 is 48.3 Å². The highest BCUT2D eigenvalue weighted by Gasteiger charge is 2.24. The number of rotatable bonds is 6. The molecule has 162 valence electrons. The van der Waals surface area contributed by atoms with E-state index in [9.17, 15) is 9.59 Å². The first-order chi connectivity index (χ1) is 15.6. The minimum atomic E-state index is -0.646. The van der Waals surface area contributed by atoms with Gasteiger partial charge in [0.25, 0.3) is 5.56 Å². The summed E-state index contributed by atoms with van der Waals surface area (Å²) in [4.78, 5) is 29.7. The van der Waals surface area contributed by atoms with Crippen molar-refractivity contribution in [3.8, 4) is 0 Å². The van der Waals surface area contributed by atoms with Gasteiger partial charge in [0.2, 0.25) is 5.91 Å². The molecule has 0 saturated carbocycles. The van der Waals surface area contributed by atoms with E-state index in [2.05, 4.69) is 21.5 Å². The van der Waals surface area contributed by atoms with Crippen molar-refractivity contribution in [2.75, 3.05) is 6.54 Å². The van der Waals surface area contributed by atoms with Crippen molar-refractivity contribution in [3.63, 3.8) is 0 Å². The topological polar surface area (TPSA) is 79.8 Å². The van der Waals surface area contributed by atoms with E-state index in [0.717, 1.165) is 36.9 Å². The van der Waals surface area contributed by atoms with Crippen LogP contribution in [0.1, 0.15) is 30.6 Å². The molecule has 7 heteroatoms. The van der Waals surface area contributed by atoms with Crippen LogP contribution in [-0.4, -0.2) is 27.2 Å². The van der Waals surface area contributed by atoms with Crippen LogP contribution in [0.3, 0.4) is 0 Å². The molecule has 0 fully saturated rings. The largest absolute Gasteiger partial charge is 0.361 e. The average Bonchev–Trinajstić information content (AvgIpc) is 3.40. The molecule has 6 nitrogen and oxygen atoms in total. The molecule has 5 aromatic rings. The second-order valence-electron chi connectivity index (χ2n) is 7.96. The zero-order chi connectivity index (χ0) is 22.2. The molecular weight excluding hydrogens is 420 g/mol. The number of carbonyl (C=O) groups is 1. The van der Waals surface area contributed by atoms with Crippen LogP contribution in [0, 0.1) is 6.92 Å². The lowest BCUT2D eigenvalue weighted by Gasteiger charge is -2.17. The summed E-state index contributed by atoms with van der Waals surface area (Å²) in [5.41, 5.74) is 2.81. The fourth-order valence-electron chi connectivity index (χ4n) is 4.34. The van der Waals surface area contributed by atoms with E-state index in [1.54, 1.807) is 11.3 Å². The lowest BCUT2D eigenvalue weighted by molar-refractivity contribution is -0.124. The first-order valence-corrected chi connectivity index (χ1v) is 11.6. The van der Waals surface area contributed by atoms with Crippen molar-refractivity contribution in [2.24, 2.45) is 0 Å². The fourth-order valence-corrected chi connectivity index (χ4v) is 5.47. The summed E-state index contributed by atoms with van der Waals surface area (Å²) in [5.74, 6) is -0.180. The van der Waals surface area contributed by atoms with E-state index in [4.69, 9.17) is 0 Å². The van der Waals surface area contributed by atoms with Gasteiger partial charge in [-0.05, 0) is 37.5 Å². The first kappa shape index (κ1) is 20.5. The van der Waals surface area contributed by atoms with Gasteiger partial charge in [-0.3, -0.25) is 9.59 Å². The van der Waals surface area contributed by atoms with Gasteiger partial charge in [-0.25, -0.2) is 4.68 Å². The van der Waals surface area contributed by atoms with Crippen LogP contribution >= 0.6 is 11.3 Å². The summed E-state index contributed by atoms with van der Waals surface area (Å²) in [6.07, 6.45) is 3.18. The molecule has 3 heterocycles. The number of carbonyl (C=O) groups excluding carboxylic acids is 1. The van der Waals surface area contributed by atoms with Gasteiger partial charge >= 0.3 is 0 Å². The second kappa shape index (κ2) is 8.24. The molecule has 1 unspecified atom stereocenters. The third-order valence-electron chi connectivity index (χ3n) is 5.96. The Balaban J connectivity index is 1.41. The molecule has 1 atom stereocenters. The van der Waals surface area contributed by atoms with Crippen LogP contribution in [0.5, 0.6) is 0 Å². The molecule has 5 rings (SSSR count). The number of thiophene rings is 1. The van der Waals surface area contributed by atoms with Gasteiger partial charge in [0.15, 0.2) is 0 Å². The Labute approximate surface area is 188 Å². The van der Waals surface area contributed by atoms with Gasteiger partial charge in [-0.2, -0.15) is 5.10 Å². The van der Waals surface area contributed by atoms with Crippen molar-refractivity contribution < 1.29 is 4.79 Å². The fraction of sp³-hybridized carbons (Fsp3) is 0.240. The van der Waals surface area contributed by atoms with Crippen LogP contribution in [0.2, 0.25) is 0 Å². The third-order valence-corrected chi connectivity index (χ3v) is 7.24. The van der Waals surface area contributed by atoms with E-state index in [-0.39, 0.29) is 11.5 Å². The van der Waals surface area contributed by atoms with Gasteiger partial charge in [0.1, 0.15) is 6.04 Å². The SMILES string of the molecule is CCC(C(=O)NCCc1c[nH]c2ccccc12)n1nc(C)c2sc3ccccc3c2c1=O. The zero-order valence-electron chi connectivity index (χ0n) is 18.0. The number of para-hydroxylation sites is 1. The number of aromatic amines is 1. The molecule has 32 heavy (non-hydrogen) atoms. The Bertz CT molecular complexity index is 1510. The number of H-pyrrole nitrogens is 1. The third kappa shape index (κ3) is 3.39. The minimum Gasteiger partial charge on any atom is -0.361 e. The molecule has 0 spiro atoms. The van der Waals surface area contributed by atoms with E-state index in [1.165, 1.54) is 4.68 Å². The predicted molar refractivity (Wildman–Crippen MR) is 130 cm³/mol. The van der Waals surface area contributed by atoms with Gasteiger partial charge < -0.3 is 10.3 Å². The second-order valence-corrected chi connectivity index (χ2v) is 9.01. The minimum absolute atomic E-state index is 0.180. The molecular formula is C25H24N4O2S. The number of aromatic nitrogens is 3. The number of hydrogen-bond acceptors (Lipinski definition) is 4. The van der Waals surface area contributed by atoms with Crippen LogP contribution in [0.25, 0.3) is 31.1 Å². The van der Waals surface area contributed by atoms with Crippen LogP contribution < -0.4 is 10.9 Å². The maximum Gasteiger partial charge on any atom is 0.276 e. The smallest absolute Gasteiger partial charge is 0.276 e. The highest BCUT2D eigenvalue weighted by atomic mass is 32.1. The Kier molecular flexibility index (Phi) is 5.27. The van der Waals surface area contributed by atoms with Gasteiger partial charge in [0, 0.05) is 33.7 Å². The summed E-state index contributed by atoms with van der Waals surface area (Å²) in [6.45, 7) is 4.30. The number of nitrogens with zero attached hydrogens (tertiary/aromatic N) is 2. The summed E-state index contributed by atoms with van der Waals surface area (Å²) in [6, 6.07) is 15.3. The van der Waals surface area contributed by atoms with Gasteiger partial charge in [-0.1, -0.05) is 43.3 Å². The molecule has 0 bridgehead atoms. The number of aryl methyl sites for hydroxylation is 1. The van der Waals surface area contributed by atoms with Crippen LogP contribution in [-0.2, 0) is 11.2 Å². The standard InChI is InChI=1S/C25H24N4O2S/c1-3-20(24(30)26-13-12-16-14-27-19-10-6-4-8-17(16)19)29-25(31)22-18-9-5-7-11-21(18)32-23(22)15(2)28-29/h4-11,14,20,27H,3,12-13H2,1-2H3,(H,26,30). The van der Waals surface area contributed by atoms with E-state index >= 15 is 0 Å². The Hall–Kier alpha value is -3.45.